The number of hydrogen-bond acceptors (Lipinski definition) is 2. The predicted octanol–water partition coefficient (Wildman–Crippen LogP) is 5.59. The smallest absolute Gasteiger partial charge is 0.339 e. The lowest BCUT2D eigenvalue weighted by Crippen LogP contribution is -2.33. The van der Waals surface area contributed by atoms with E-state index < -0.39 is 7.92 Å². The second-order valence-corrected chi connectivity index (χ2v) is 10.5. The number of allylic oxidation sites excluding steroid dienone is 1. The van der Waals surface area contributed by atoms with Gasteiger partial charge in [0.25, 0.3) is 0 Å². The number of hydrogen-bond donors (Lipinski definition) is 0. The van der Waals surface area contributed by atoms with Gasteiger partial charge in [0.2, 0.25) is 0 Å². The number of rotatable bonds is 6. The second kappa shape index (κ2) is 10.1. The van der Waals surface area contributed by atoms with E-state index in [1.165, 1.54) is 10.6 Å². The van der Waals surface area contributed by atoms with Crippen molar-refractivity contribution in [2.75, 3.05) is 0 Å². The van der Waals surface area contributed by atoms with E-state index in [4.69, 9.17) is 4.74 Å². The molecule has 0 unspecified atom stereocenters. The average molecular weight is 429 g/mol. The van der Waals surface area contributed by atoms with Crippen molar-refractivity contribution in [3.05, 3.63) is 103 Å². The fraction of sp³-hybridized carbons (Fsp3) is 0.250. The Labute approximate surface area is 186 Å². The highest BCUT2D eigenvalue weighted by Gasteiger charge is 2.30. The van der Waals surface area contributed by atoms with E-state index in [1.54, 1.807) is 0 Å². The summed E-state index contributed by atoms with van der Waals surface area (Å²) >= 11 is 0. The maximum Gasteiger partial charge on any atom is 0.339 e. The lowest BCUT2D eigenvalue weighted by molar-refractivity contribution is 0.0186. The van der Waals surface area contributed by atoms with Crippen LogP contribution < -0.4 is 15.9 Å². The molecule has 0 radical (unpaired) electrons. The van der Waals surface area contributed by atoms with Crippen molar-refractivity contribution in [3.8, 4) is 0 Å². The van der Waals surface area contributed by atoms with E-state index in [-0.39, 0.29) is 12.1 Å². The number of carbonyl (C=O) groups is 1. The van der Waals surface area contributed by atoms with Gasteiger partial charge in [-0.05, 0) is 54.7 Å². The molecule has 0 fully saturated rings. The first-order valence-corrected chi connectivity index (χ1v) is 12.4. The Morgan fingerprint density at radius 3 is 2.06 bits per heavy atom. The molecule has 3 heteroatoms. The zero-order valence-electron chi connectivity index (χ0n) is 18.1. The minimum atomic E-state index is -0.865. The van der Waals surface area contributed by atoms with Crippen LogP contribution in [0.4, 0.5) is 0 Å². The summed E-state index contributed by atoms with van der Waals surface area (Å²) in [5.41, 5.74) is 0.669. The summed E-state index contributed by atoms with van der Waals surface area (Å²) in [5, 5.41) is 3.49. The van der Waals surface area contributed by atoms with Gasteiger partial charge in [0.15, 0.2) is 0 Å². The topological polar surface area (TPSA) is 26.3 Å². The molecule has 0 N–H and O–H groups in total. The van der Waals surface area contributed by atoms with E-state index in [0.717, 1.165) is 18.1 Å². The Balaban J connectivity index is 1.72. The maximum absolute atomic E-state index is 13.4. The van der Waals surface area contributed by atoms with Crippen molar-refractivity contribution in [3.63, 3.8) is 0 Å². The SMILES string of the molecule is CC(C)[C@@H]1CCC=C[C@H]1OC(=O)c1ccccc1P(c1ccccc1)c1ccccc1. The van der Waals surface area contributed by atoms with Gasteiger partial charge in [-0.3, -0.25) is 0 Å². The molecule has 2 nitrogen and oxygen atoms in total. The molecule has 0 saturated heterocycles. The normalized spacial score (nSPS) is 18.3. The van der Waals surface area contributed by atoms with Gasteiger partial charge in [0.05, 0.1) is 5.56 Å². The zero-order chi connectivity index (χ0) is 21.6. The van der Waals surface area contributed by atoms with Gasteiger partial charge < -0.3 is 4.74 Å². The second-order valence-electron chi connectivity index (χ2n) is 8.31. The highest BCUT2D eigenvalue weighted by Crippen LogP contribution is 2.35. The van der Waals surface area contributed by atoms with Crippen molar-refractivity contribution < 1.29 is 9.53 Å². The van der Waals surface area contributed by atoms with Crippen molar-refractivity contribution >= 4 is 29.8 Å². The predicted molar refractivity (Wildman–Crippen MR) is 131 cm³/mol. The van der Waals surface area contributed by atoms with Gasteiger partial charge in [0, 0.05) is 5.92 Å². The van der Waals surface area contributed by atoms with Crippen LogP contribution in [0.2, 0.25) is 0 Å². The summed E-state index contributed by atoms with van der Waals surface area (Å²) < 4.78 is 6.10. The Morgan fingerprint density at radius 2 is 1.45 bits per heavy atom. The summed E-state index contributed by atoms with van der Waals surface area (Å²) in [6, 6.07) is 28.9. The first kappa shape index (κ1) is 21.5. The minimum absolute atomic E-state index is 0.158. The first-order valence-electron chi connectivity index (χ1n) is 11.0. The molecule has 0 bridgehead atoms. The van der Waals surface area contributed by atoms with Crippen molar-refractivity contribution in [1.29, 1.82) is 0 Å². The fourth-order valence-corrected chi connectivity index (χ4v) is 6.71. The molecule has 0 spiro atoms. The Morgan fingerprint density at radius 1 is 0.871 bits per heavy atom. The van der Waals surface area contributed by atoms with Crippen molar-refractivity contribution in [1.82, 2.24) is 0 Å². The number of esters is 1. The molecule has 0 heterocycles. The van der Waals surface area contributed by atoms with Crippen LogP contribution in [0.1, 0.15) is 37.0 Å². The van der Waals surface area contributed by atoms with Crippen LogP contribution in [0.15, 0.2) is 97.1 Å². The van der Waals surface area contributed by atoms with Crippen molar-refractivity contribution in [2.45, 2.75) is 32.8 Å². The van der Waals surface area contributed by atoms with Crippen LogP contribution in [0.5, 0.6) is 0 Å². The van der Waals surface area contributed by atoms with Crippen LogP contribution in [-0.2, 0) is 4.74 Å². The third-order valence-corrected chi connectivity index (χ3v) is 8.41. The number of benzene rings is 3. The quantitative estimate of drug-likeness (QED) is 0.291. The molecule has 0 amide bonds. The highest BCUT2D eigenvalue weighted by molar-refractivity contribution is 7.80. The molecular formula is C28H29O2P. The first-order chi connectivity index (χ1) is 15.1. The molecule has 158 valence electrons. The Kier molecular flexibility index (Phi) is 6.99. The van der Waals surface area contributed by atoms with Crippen LogP contribution >= 0.6 is 7.92 Å². The van der Waals surface area contributed by atoms with Crippen LogP contribution in [0, 0.1) is 11.8 Å². The van der Waals surface area contributed by atoms with E-state index in [0.29, 0.717) is 17.4 Å². The third-order valence-electron chi connectivity index (χ3n) is 5.91. The van der Waals surface area contributed by atoms with Crippen molar-refractivity contribution in [2.24, 2.45) is 11.8 Å². The fourth-order valence-electron chi connectivity index (χ4n) is 4.28. The Bertz CT molecular complexity index is 988. The Hall–Kier alpha value is -2.70. The molecule has 0 aromatic heterocycles. The van der Waals surface area contributed by atoms with Crippen LogP contribution in [0.3, 0.4) is 0 Å². The molecule has 3 aromatic carbocycles. The van der Waals surface area contributed by atoms with Gasteiger partial charge in [-0.15, -0.1) is 0 Å². The summed E-state index contributed by atoms with van der Waals surface area (Å²) in [4.78, 5) is 13.4. The summed E-state index contributed by atoms with van der Waals surface area (Å²) in [5.74, 6) is 0.617. The molecule has 1 aliphatic rings. The largest absolute Gasteiger partial charge is 0.454 e. The maximum atomic E-state index is 13.4. The van der Waals surface area contributed by atoms with Gasteiger partial charge in [0.1, 0.15) is 6.10 Å². The van der Waals surface area contributed by atoms with E-state index in [9.17, 15) is 4.79 Å². The van der Waals surface area contributed by atoms with Gasteiger partial charge >= 0.3 is 5.97 Å². The van der Waals surface area contributed by atoms with Gasteiger partial charge in [-0.2, -0.15) is 0 Å². The van der Waals surface area contributed by atoms with Gasteiger partial charge in [-0.1, -0.05) is 98.8 Å². The van der Waals surface area contributed by atoms with E-state index in [2.05, 4.69) is 80.6 Å². The molecule has 1 aliphatic carbocycles. The summed E-state index contributed by atoms with van der Waals surface area (Å²) in [7, 11) is -0.865. The average Bonchev–Trinajstić information content (AvgIpc) is 2.81. The minimum Gasteiger partial charge on any atom is -0.454 e. The lowest BCUT2D eigenvalue weighted by Gasteiger charge is -2.31. The number of carbonyl (C=O) groups excluding carboxylic acids is 1. The van der Waals surface area contributed by atoms with Crippen LogP contribution in [-0.4, -0.2) is 12.1 Å². The molecular weight excluding hydrogens is 399 g/mol. The number of ether oxygens (including phenoxy) is 1. The molecule has 0 aliphatic heterocycles. The summed E-state index contributed by atoms with van der Waals surface area (Å²) in [6.07, 6.45) is 6.18. The third kappa shape index (κ3) is 4.97. The summed E-state index contributed by atoms with van der Waals surface area (Å²) in [6.45, 7) is 4.42. The lowest BCUT2D eigenvalue weighted by atomic mass is 9.83. The zero-order valence-corrected chi connectivity index (χ0v) is 19.0. The molecule has 0 saturated carbocycles. The standard InChI is InChI=1S/C28H29O2P/c1-21(2)24-17-9-11-19-26(24)30-28(29)25-18-10-12-20-27(25)31(22-13-5-3-6-14-22)23-15-7-4-8-16-23/h3-8,10-16,18-21,24,26H,9,17H2,1-2H3/t24-,26+/m0/s1. The molecule has 2 atom stereocenters. The molecule has 31 heavy (non-hydrogen) atoms. The monoisotopic (exact) mass is 428 g/mol. The molecule has 4 rings (SSSR count). The van der Waals surface area contributed by atoms with Crippen LogP contribution in [0.25, 0.3) is 0 Å². The van der Waals surface area contributed by atoms with E-state index in [1.807, 2.05) is 30.3 Å². The highest BCUT2D eigenvalue weighted by atomic mass is 31.1. The van der Waals surface area contributed by atoms with Gasteiger partial charge in [-0.25, -0.2) is 4.79 Å². The molecule has 3 aromatic rings. The van der Waals surface area contributed by atoms with E-state index >= 15 is 0 Å².